The van der Waals surface area contributed by atoms with Crippen molar-refractivity contribution in [2.45, 2.75) is 29.5 Å². The number of rotatable bonds is 1. The first-order chi connectivity index (χ1) is 6.15. The van der Waals surface area contributed by atoms with Crippen LogP contribution in [0.4, 0.5) is 0 Å². The molecular formula is C11H15NS. The van der Waals surface area contributed by atoms with E-state index in [4.69, 9.17) is 0 Å². The Balaban J connectivity index is 2.46. The highest BCUT2D eigenvalue weighted by Gasteiger charge is 2.38. The maximum absolute atomic E-state index is 3.39. The Morgan fingerprint density at radius 3 is 2.69 bits per heavy atom. The second-order valence-electron chi connectivity index (χ2n) is 3.97. The van der Waals surface area contributed by atoms with Crippen molar-refractivity contribution in [3.63, 3.8) is 0 Å². The highest BCUT2D eigenvalue weighted by Crippen LogP contribution is 2.51. The Bertz CT molecular complexity index is 320. The maximum atomic E-state index is 3.39. The standard InChI is InChI=1S/C11H15NS/c1-11(2)10(12-3)8-6-4-5-7-9(8)13-11/h4-7,10,12H,1-3H3. The minimum Gasteiger partial charge on any atom is -0.312 e. The summed E-state index contributed by atoms with van der Waals surface area (Å²) in [6, 6.07) is 9.14. The summed E-state index contributed by atoms with van der Waals surface area (Å²) in [6.45, 7) is 4.58. The molecule has 1 aromatic rings. The molecule has 1 aliphatic rings. The molecule has 13 heavy (non-hydrogen) atoms. The van der Waals surface area contributed by atoms with Crippen LogP contribution < -0.4 is 5.32 Å². The van der Waals surface area contributed by atoms with Crippen molar-refractivity contribution in [2.75, 3.05) is 7.05 Å². The lowest BCUT2D eigenvalue weighted by Gasteiger charge is -2.25. The van der Waals surface area contributed by atoms with Gasteiger partial charge in [-0.25, -0.2) is 0 Å². The zero-order valence-electron chi connectivity index (χ0n) is 8.29. The van der Waals surface area contributed by atoms with E-state index in [1.807, 2.05) is 18.8 Å². The van der Waals surface area contributed by atoms with Crippen molar-refractivity contribution in [1.29, 1.82) is 0 Å². The zero-order valence-corrected chi connectivity index (χ0v) is 9.11. The third-order valence-electron chi connectivity index (χ3n) is 2.59. The minimum absolute atomic E-state index is 0.276. The van der Waals surface area contributed by atoms with Crippen LogP contribution >= 0.6 is 11.8 Å². The van der Waals surface area contributed by atoms with E-state index in [1.54, 1.807) is 0 Å². The average Bonchev–Trinajstić information content (AvgIpc) is 2.33. The van der Waals surface area contributed by atoms with Gasteiger partial charge in [-0.2, -0.15) is 0 Å². The van der Waals surface area contributed by atoms with Gasteiger partial charge >= 0.3 is 0 Å². The number of nitrogens with one attached hydrogen (secondary N) is 1. The molecule has 1 heterocycles. The van der Waals surface area contributed by atoms with E-state index in [1.165, 1.54) is 10.5 Å². The Hall–Kier alpha value is -0.470. The molecule has 0 aliphatic carbocycles. The summed E-state index contributed by atoms with van der Waals surface area (Å²) in [4.78, 5) is 1.42. The van der Waals surface area contributed by atoms with Gasteiger partial charge in [-0.15, -0.1) is 11.8 Å². The van der Waals surface area contributed by atoms with Crippen LogP contribution in [0.15, 0.2) is 29.2 Å². The van der Waals surface area contributed by atoms with Crippen LogP contribution in [0.5, 0.6) is 0 Å². The number of hydrogen-bond donors (Lipinski definition) is 1. The number of thioether (sulfide) groups is 1. The molecule has 1 aromatic carbocycles. The third-order valence-corrected chi connectivity index (χ3v) is 3.94. The molecule has 0 aromatic heterocycles. The molecule has 0 bridgehead atoms. The molecule has 0 radical (unpaired) electrons. The highest BCUT2D eigenvalue weighted by atomic mass is 32.2. The van der Waals surface area contributed by atoms with Gasteiger partial charge in [-0.1, -0.05) is 18.2 Å². The predicted molar refractivity (Wildman–Crippen MR) is 58.2 cm³/mol. The van der Waals surface area contributed by atoms with Crippen molar-refractivity contribution in [3.05, 3.63) is 29.8 Å². The van der Waals surface area contributed by atoms with Crippen molar-refractivity contribution >= 4 is 11.8 Å². The van der Waals surface area contributed by atoms with E-state index in [2.05, 4.69) is 43.4 Å². The Labute approximate surface area is 83.9 Å². The van der Waals surface area contributed by atoms with Crippen LogP contribution in [-0.2, 0) is 0 Å². The van der Waals surface area contributed by atoms with Gasteiger partial charge in [-0.3, -0.25) is 0 Å². The quantitative estimate of drug-likeness (QED) is 0.736. The molecule has 1 unspecified atom stereocenters. The number of hydrogen-bond acceptors (Lipinski definition) is 2. The maximum Gasteiger partial charge on any atom is 0.0476 e. The fraction of sp³-hybridized carbons (Fsp3) is 0.455. The van der Waals surface area contributed by atoms with Gasteiger partial charge in [0.15, 0.2) is 0 Å². The summed E-state index contributed by atoms with van der Waals surface area (Å²) in [5.74, 6) is 0. The Morgan fingerprint density at radius 1 is 1.31 bits per heavy atom. The van der Waals surface area contributed by atoms with Crippen LogP contribution in [0, 0.1) is 0 Å². The SMILES string of the molecule is CNC1c2ccccc2SC1(C)C. The van der Waals surface area contributed by atoms with Crippen molar-refractivity contribution in [1.82, 2.24) is 5.32 Å². The van der Waals surface area contributed by atoms with E-state index in [0.717, 1.165) is 0 Å². The molecule has 70 valence electrons. The van der Waals surface area contributed by atoms with Gasteiger partial charge in [0.05, 0.1) is 0 Å². The van der Waals surface area contributed by atoms with Gasteiger partial charge in [0, 0.05) is 15.7 Å². The molecular weight excluding hydrogens is 178 g/mol. The molecule has 1 atom stereocenters. The molecule has 2 rings (SSSR count). The topological polar surface area (TPSA) is 12.0 Å². The molecule has 1 nitrogen and oxygen atoms in total. The third kappa shape index (κ3) is 1.38. The molecule has 0 spiro atoms. The van der Waals surface area contributed by atoms with Crippen LogP contribution in [0.25, 0.3) is 0 Å². The lowest BCUT2D eigenvalue weighted by molar-refractivity contribution is 0.492. The van der Waals surface area contributed by atoms with Crippen LogP contribution in [0.3, 0.4) is 0 Å². The summed E-state index contributed by atoms with van der Waals surface area (Å²) < 4.78 is 0.276. The van der Waals surface area contributed by atoms with Crippen molar-refractivity contribution in [2.24, 2.45) is 0 Å². The smallest absolute Gasteiger partial charge is 0.0476 e. The molecule has 0 saturated heterocycles. The number of benzene rings is 1. The predicted octanol–water partition coefficient (Wildman–Crippen LogP) is 2.83. The normalized spacial score (nSPS) is 24.4. The first-order valence-electron chi connectivity index (χ1n) is 4.60. The minimum atomic E-state index is 0.276. The highest BCUT2D eigenvalue weighted by molar-refractivity contribution is 8.01. The van der Waals surface area contributed by atoms with Gasteiger partial charge < -0.3 is 5.32 Å². The molecule has 0 fully saturated rings. The summed E-state index contributed by atoms with van der Waals surface area (Å²) >= 11 is 1.96. The van der Waals surface area contributed by atoms with E-state index in [9.17, 15) is 0 Å². The van der Waals surface area contributed by atoms with E-state index >= 15 is 0 Å². The van der Waals surface area contributed by atoms with Crippen LogP contribution in [-0.4, -0.2) is 11.8 Å². The second kappa shape index (κ2) is 3.03. The van der Waals surface area contributed by atoms with Crippen LogP contribution in [0.2, 0.25) is 0 Å². The van der Waals surface area contributed by atoms with E-state index in [0.29, 0.717) is 6.04 Å². The Morgan fingerprint density at radius 2 is 2.00 bits per heavy atom. The Kier molecular flexibility index (Phi) is 2.12. The van der Waals surface area contributed by atoms with Gasteiger partial charge in [0.25, 0.3) is 0 Å². The summed E-state index contributed by atoms with van der Waals surface area (Å²) in [6.07, 6.45) is 0. The lowest BCUT2D eigenvalue weighted by Crippen LogP contribution is -2.30. The number of fused-ring (bicyclic) bond motifs is 1. The summed E-state index contributed by atoms with van der Waals surface area (Å²) in [5, 5.41) is 3.39. The van der Waals surface area contributed by atoms with E-state index < -0.39 is 0 Å². The molecule has 2 heteroatoms. The van der Waals surface area contributed by atoms with Gasteiger partial charge in [-0.05, 0) is 32.5 Å². The summed E-state index contributed by atoms with van der Waals surface area (Å²) in [7, 11) is 2.04. The molecule has 0 saturated carbocycles. The fourth-order valence-electron chi connectivity index (χ4n) is 2.03. The summed E-state index contributed by atoms with van der Waals surface area (Å²) in [5.41, 5.74) is 1.44. The molecule has 0 amide bonds. The van der Waals surface area contributed by atoms with Gasteiger partial charge in [0.2, 0.25) is 0 Å². The van der Waals surface area contributed by atoms with Crippen molar-refractivity contribution in [3.8, 4) is 0 Å². The first-order valence-corrected chi connectivity index (χ1v) is 5.42. The van der Waals surface area contributed by atoms with E-state index in [-0.39, 0.29) is 4.75 Å². The lowest BCUT2D eigenvalue weighted by atomic mass is 9.96. The largest absolute Gasteiger partial charge is 0.312 e. The van der Waals surface area contributed by atoms with Crippen LogP contribution in [0.1, 0.15) is 25.5 Å². The average molecular weight is 193 g/mol. The van der Waals surface area contributed by atoms with Crippen molar-refractivity contribution < 1.29 is 0 Å². The fourth-order valence-corrected chi connectivity index (χ4v) is 3.41. The second-order valence-corrected chi connectivity index (χ2v) is 5.66. The monoisotopic (exact) mass is 193 g/mol. The zero-order chi connectivity index (χ0) is 9.47. The molecule has 1 N–H and O–H groups in total. The van der Waals surface area contributed by atoms with Gasteiger partial charge in [0.1, 0.15) is 0 Å². The first kappa shape index (κ1) is 9.10. The molecule has 1 aliphatic heterocycles.